The zero-order valence-electron chi connectivity index (χ0n) is 19.3. The molecule has 0 bridgehead atoms. The fourth-order valence-corrected chi connectivity index (χ4v) is 5.63. The van der Waals surface area contributed by atoms with Crippen molar-refractivity contribution in [1.29, 1.82) is 0 Å². The van der Waals surface area contributed by atoms with Gasteiger partial charge in [-0.05, 0) is 44.0 Å². The first-order valence-electron chi connectivity index (χ1n) is 11.0. The Hall–Kier alpha value is -2.91. The van der Waals surface area contributed by atoms with Crippen molar-refractivity contribution in [3.05, 3.63) is 53.6 Å². The predicted molar refractivity (Wildman–Crippen MR) is 127 cm³/mol. The van der Waals surface area contributed by atoms with Crippen molar-refractivity contribution >= 4 is 22.1 Å². The molecule has 8 nitrogen and oxygen atoms in total. The van der Waals surface area contributed by atoms with Crippen molar-refractivity contribution < 1.29 is 22.7 Å². The molecule has 0 radical (unpaired) electrons. The highest BCUT2D eigenvalue weighted by Crippen LogP contribution is 2.30. The number of methoxy groups -OCH3 is 2. The average Bonchev–Trinajstić information content (AvgIpc) is 2.83. The van der Waals surface area contributed by atoms with Crippen LogP contribution in [0.25, 0.3) is 0 Å². The van der Waals surface area contributed by atoms with Gasteiger partial charge in [0.1, 0.15) is 0 Å². The minimum absolute atomic E-state index is 0.191. The van der Waals surface area contributed by atoms with E-state index in [0.717, 1.165) is 37.7 Å². The van der Waals surface area contributed by atoms with Crippen molar-refractivity contribution in [2.24, 2.45) is 5.10 Å². The number of ether oxygens (including phenoxy) is 2. The van der Waals surface area contributed by atoms with Crippen molar-refractivity contribution in [3.8, 4) is 11.5 Å². The molecular weight excluding hydrogens is 442 g/mol. The van der Waals surface area contributed by atoms with Crippen molar-refractivity contribution in [2.45, 2.75) is 50.0 Å². The van der Waals surface area contributed by atoms with Gasteiger partial charge in [-0.15, -0.1) is 0 Å². The van der Waals surface area contributed by atoms with E-state index in [1.165, 1.54) is 24.7 Å². The summed E-state index contributed by atoms with van der Waals surface area (Å²) in [5.41, 5.74) is 4.04. The smallest absolute Gasteiger partial charge is 0.255 e. The molecule has 1 fully saturated rings. The summed E-state index contributed by atoms with van der Waals surface area (Å²) >= 11 is 0. The largest absolute Gasteiger partial charge is 0.493 e. The van der Waals surface area contributed by atoms with Crippen LogP contribution in [0.5, 0.6) is 11.5 Å². The molecule has 0 atom stereocenters. The SMILES string of the molecule is COc1cccc(C=NNC(=O)CN(C2CCCCC2)S(=O)(=O)c2ccc(C)cc2)c1OC. The second-order valence-corrected chi connectivity index (χ2v) is 9.92. The van der Waals surface area contributed by atoms with Gasteiger partial charge in [0.2, 0.25) is 10.0 Å². The standard InChI is InChI=1S/C24H31N3O5S/c1-18-12-14-21(15-13-18)33(29,30)27(20-9-5-4-6-10-20)17-23(28)26-25-16-19-8-7-11-22(31-2)24(19)32-3/h7-8,11-16,20H,4-6,9-10,17H2,1-3H3,(H,26,28). The molecule has 1 aliphatic carbocycles. The highest BCUT2D eigenvalue weighted by Gasteiger charge is 2.33. The summed E-state index contributed by atoms with van der Waals surface area (Å²) in [7, 11) is -0.769. The molecule has 178 valence electrons. The molecule has 0 heterocycles. The van der Waals surface area contributed by atoms with Crippen LogP contribution >= 0.6 is 0 Å². The van der Waals surface area contributed by atoms with Crippen LogP contribution in [0.1, 0.15) is 43.2 Å². The number of benzene rings is 2. The minimum Gasteiger partial charge on any atom is -0.493 e. The molecule has 0 spiro atoms. The molecule has 0 saturated heterocycles. The van der Waals surface area contributed by atoms with Gasteiger partial charge in [0, 0.05) is 11.6 Å². The first-order chi connectivity index (χ1) is 15.9. The number of nitrogens with one attached hydrogen (secondary N) is 1. The zero-order chi connectivity index (χ0) is 23.8. The van der Waals surface area contributed by atoms with Gasteiger partial charge < -0.3 is 9.47 Å². The van der Waals surface area contributed by atoms with E-state index < -0.39 is 15.9 Å². The number of carbonyl (C=O) groups is 1. The summed E-state index contributed by atoms with van der Waals surface area (Å²) in [5, 5.41) is 4.01. The van der Waals surface area contributed by atoms with E-state index in [1.54, 1.807) is 42.5 Å². The van der Waals surface area contributed by atoms with E-state index >= 15 is 0 Å². The number of hydrogen-bond donors (Lipinski definition) is 1. The number of aryl methyl sites for hydroxylation is 1. The van der Waals surface area contributed by atoms with Crippen LogP contribution in [0.2, 0.25) is 0 Å². The minimum atomic E-state index is -3.83. The number of carbonyl (C=O) groups excluding carboxylic acids is 1. The van der Waals surface area contributed by atoms with Crippen LogP contribution in [-0.2, 0) is 14.8 Å². The van der Waals surface area contributed by atoms with E-state index in [1.807, 2.05) is 6.92 Å². The maximum absolute atomic E-state index is 13.4. The summed E-state index contributed by atoms with van der Waals surface area (Å²) in [5.74, 6) is 0.526. The Morgan fingerprint density at radius 2 is 1.79 bits per heavy atom. The summed E-state index contributed by atoms with van der Waals surface area (Å²) in [6.45, 7) is 1.60. The molecule has 0 unspecified atom stereocenters. The first-order valence-corrected chi connectivity index (χ1v) is 12.4. The van der Waals surface area contributed by atoms with Crippen LogP contribution in [0, 0.1) is 6.92 Å². The van der Waals surface area contributed by atoms with Gasteiger partial charge in [-0.2, -0.15) is 9.41 Å². The maximum Gasteiger partial charge on any atom is 0.255 e. The lowest BCUT2D eigenvalue weighted by Crippen LogP contribution is -2.46. The third kappa shape index (κ3) is 6.11. The number of amides is 1. The van der Waals surface area contributed by atoms with Crippen molar-refractivity contribution in [3.63, 3.8) is 0 Å². The van der Waals surface area contributed by atoms with E-state index in [-0.39, 0.29) is 17.5 Å². The Labute approximate surface area is 195 Å². The summed E-state index contributed by atoms with van der Waals surface area (Å²) < 4.78 is 38.8. The van der Waals surface area contributed by atoms with Gasteiger partial charge in [0.05, 0.1) is 31.9 Å². The lowest BCUT2D eigenvalue weighted by atomic mass is 9.95. The van der Waals surface area contributed by atoms with Gasteiger partial charge >= 0.3 is 0 Å². The molecule has 2 aromatic carbocycles. The van der Waals surface area contributed by atoms with Gasteiger partial charge in [-0.1, -0.05) is 43.0 Å². The van der Waals surface area contributed by atoms with E-state index in [0.29, 0.717) is 17.1 Å². The maximum atomic E-state index is 13.4. The fraction of sp³-hybridized carbons (Fsp3) is 0.417. The normalized spacial score (nSPS) is 15.0. The molecule has 1 amide bonds. The molecule has 0 aromatic heterocycles. The predicted octanol–water partition coefficient (Wildman–Crippen LogP) is 3.49. The lowest BCUT2D eigenvalue weighted by molar-refractivity contribution is -0.121. The van der Waals surface area contributed by atoms with Crippen LogP contribution in [0.15, 0.2) is 52.5 Å². The Morgan fingerprint density at radius 3 is 2.42 bits per heavy atom. The lowest BCUT2D eigenvalue weighted by Gasteiger charge is -2.32. The van der Waals surface area contributed by atoms with Gasteiger partial charge in [0.25, 0.3) is 5.91 Å². The summed E-state index contributed by atoms with van der Waals surface area (Å²) in [6.07, 6.45) is 5.89. The molecular formula is C24H31N3O5S. The molecule has 1 aliphatic rings. The highest BCUT2D eigenvalue weighted by molar-refractivity contribution is 7.89. The Balaban J connectivity index is 1.77. The molecule has 9 heteroatoms. The average molecular weight is 474 g/mol. The molecule has 33 heavy (non-hydrogen) atoms. The zero-order valence-corrected chi connectivity index (χ0v) is 20.1. The number of para-hydroxylation sites is 1. The summed E-state index contributed by atoms with van der Waals surface area (Å²) in [4.78, 5) is 12.9. The van der Waals surface area contributed by atoms with Crippen molar-refractivity contribution in [1.82, 2.24) is 9.73 Å². The number of hydrazone groups is 1. The molecule has 3 rings (SSSR count). The van der Waals surface area contributed by atoms with Gasteiger partial charge in [-0.3, -0.25) is 4.79 Å². The van der Waals surface area contributed by atoms with Crippen LogP contribution < -0.4 is 14.9 Å². The topological polar surface area (TPSA) is 97.3 Å². The fourth-order valence-electron chi connectivity index (χ4n) is 3.99. The van der Waals surface area contributed by atoms with Crippen LogP contribution in [0.3, 0.4) is 0 Å². The monoisotopic (exact) mass is 473 g/mol. The molecule has 1 N–H and O–H groups in total. The molecule has 1 saturated carbocycles. The number of nitrogens with zero attached hydrogens (tertiary/aromatic N) is 2. The van der Waals surface area contributed by atoms with E-state index in [9.17, 15) is 13.2 Å². The van der Waals surface area contributed by atoms with E-state index in [4.69, 9.17) is 9.47 Å². The number of sulfonamides is 1. The second kappa shape index (κ2) is 11.3. The first kappa shape index (κ1) is 24.7. The van der Waals surface area contributed by atoms with Crippen LogP contribution in [-0.4, -0.2) is 51.7 Å². The molecule has 2 aromatic rings. The quantitative estimate of drug-likeness (QED) is 0.444. The number of rotatable bonds is 9. The van der Waals surface area contributed by atoms with Gasteiger partial charge in [-0.25, -0.2) is 13.8 Å². The van der Waals surface area contributed by atoms with Gasteiger partial charge in [0.15, 0.2) is 11.5 Å². The van der Waals surface area contributed by atoms with E-state index in [2.05, 4.69) is 10.5 Å². The highest BCUT2D eigenvalue weighted by atomic mass is 32.2. The Morgan fingerprint density at radius 1 is 1.09 bits per heavy atom. The van der Waals surface area contributed by atoms with Crippen LogP contribution in [0.4, 0.5) is 0 Å². The third-order valence-electron chi connectivity index (χ3n) is 5.74. The summed E-state index contributed by atoms with van der Waals surface area (Å²) in [6, 6.07) is 11.8. The van der Waals surface area contributed by atoms with Crippen molar-refractivity contribution in [2.75, 3.05) is 20.8 Å². The number of hydrogen-bond acceptors (Lipinski definition) is 6. The second-order valence-electron chi connectivity index (χ2n) is 8.03. The Bertz CT molecular complexity index is 1080. The Kier molecular flexibility index (Phi) is 8.46. The molecule has 0 aliphatic heterocycles. The third-order valence-corrected chi connectivity index (χ3v) is 7.65.